The summed E-state index contributed by atoms with van der Waals surface area (Å²) in [5.41, 5.74) is 3.77. The number of methoxy groups -OCH3 is 1. The Balaban J connectivity index is 1.76. The Hall–Kier alpha value is -1.81. The molecule has 2 aromatic rings. The lowest BCUT2D eigenvalue weighted by Gasteiger charge is -2.35. The quantitative estimate of drug-likeness (QED) is 0.651. The Bertz CT molecular complexity index is 728. The molecule has 1 aliphatic heterocycles. The van der Waals surface area contributed by atoms with Gasteiger partial charge in [-0.15, -0.1) is 0 Å². The molecule has 0 radical (unpaired) electrons. The number of hydrogen-bond donors (Lipinski definition) is 2. The number of benzene rings is 1. The van der Waals surface area contributed by atoms with Crippen LogP contribution < -0.4 is 5.32 Å². The van der Waals surface area contributed by atoms with E-state index < -0.39 is 0 Å². The minimum Gasteiger partial charge on any atom is -0.468 e. The van der Waals surface area contributed by atoms with Gasteiger partial charge in [-0.05, 0) is 30.4 Å². The van der Waals surface area contributed by atoms with Gasteiger partial charge in [0.25, 0.3) is 0 Å². The molecular weight excluding hydrogens is 300 g/mol. The second kappa shape index (κ2) is 6.60. The fraction of sp³-hybridized carbons (Fsp3) is 0.550. The number of rotatable bonds is 2. The van der Waals surface area contributed by atoms with E-state index in [0.29, 0.717) is 12.3 Å². The van der Waals surface area contributed by atoms with E-state index in [1.165, 1.54) is 67.8 Å². The third-order valence-electron chi connectivity index (χ3n) is 5.80. The Kier molecular flexibility index (Phi) is 4.31. The van der Waals surface area contributed by atoms with Crippen LogP contribution in [0.15, 0.2) is 24.3 Å². The maximum atomic E-state index is 12.2. The van der Waals surface area contributed by atoms with Crippen LogP contribution >= 0.6 is 0 Å². The molecule has 128 valence electrons. The number of nitrogens with one attached hydrogen (secondary N) is 2. The van der Waals surface area contributed by atoms with Crippen LogP contribution in [0, 0.1) is 5.92 Å². The van der Waals surface area contributed by atoms with Gasteiger partial charge in [0.15, 0.2) is 0 Å². The fourth-order valence-corrected chi connectivity index (χ4v) is 4.58. The molecule has 4 nitrogen and oxygen atoms in total. The highest BCUT2D eigenvalue weighted by atomic mass is 16.5. The summed E-state index contributed by atoms with van der Waals surface area (Å²) in [5.74, 6) is 0.441. The van der Waals surface area contributed by atoms with Crippen molar-refractivity contribution in [3.63, 3.8) is 0 Å². The van der Waals surface area contributed by atoms with Crippen LogP contribution in [0.5, 0.6) is 0 Å². The summed E-state index contributed by atoms with van der Waals surface area (Å²) in [6.07, 6.45) is 8.44. The lowest BCUT2D eigenvalue weighted by molar-refractivity contribution is -0.143. The molecule has 1 aromatic heterocycles. The molecule has 0 unspecified atom stereocenters. The summed E-state index contributed by atoms with van der Waals surface area (Å²) in [6, 6.07) is 8.42. The maximum absolute atomic E-state index is 12.2. The summed E-state index contributed by atoms with van der Waals surface area (Å²) >= 11 is 0. The monoisotopic (exact) mass is 326 g/mol. The third-order valence-corrected chi connectivity index (χ3v) is 5.80. The van der Waals surface area contributed by atoms with Crippen LogP contribution in [0.25, 0.3) is 10.9 Å². The van der Waals surface area contributed by atoms with E-state index in [-0.39, 0.29) is 18.1 Å². The number of carbonyl (C=O) groups is 1. The van der Waals surface area contributed by atoms with Crippen LogP contribution in [0.3, 0.4) is 0 Å². The number of para-hydroxylation sites is 1. The highest BCUT2D eigenvalue weighted by Crippen LogP contribution is 2.40. The van der Waals surface area contributed by atoms with Crippen molar-refractivity contribution in [1.82, 2.24) is 10.3 Å². The number of aromatic nitrogens is 1. The van der Waals surface area contributed by atoms with Gasteiger partial charge in [-0.25, -0.2) is 0 Å². The van der Waals surface area contributed by atoms with Crippen molar-refractivity contribution in [3.05, 3.63) is 35.5 Å². The van der Waals surface area contributed by atoms with Crippen LogP contribution in [0.2, 0.25) is 0 Å². The largest absolute Gasteiger partial charge is 0.468 e. The lowest BCUT2D eigenvalue weighted by Crippen LogP contribution is -2.47. The molecule has 1 aromatic carbocycles. The Morgan fingerprint density at radius 3 is 2.62 bits per heavy atom. The highest BCUT2D eigenvalue weighted by molar-refractivity contribution is 5.87. The molecular formula is C20H26N2O2. The number of H-pyrrole nitrogens is 1. The van der Waals surface area contributed by atoms with Crippen LogP contribution in [-0.4, -0.2) is 24.1 Å². The smallest absolute Gasteiger partial charge is 0.323 e. The number of carbonyl (C=O) groups excluding carboxylic acids is 1. The Morgan fingerprint density at radius 2 is 1.88 bits per heavy atom. The second-order valence-electron chi connectivity index (χ2n) is 7.24. The standard InChI is InChI=1S/C20H26N2O2/c1-24-20(23)17-12-15-14-10-6-7-11-16(14)21-19(15)18(22-17)13-8-4-2-3-5-9-13/h6-7,10-11,13,17-18,21-22H,2-5,8-9,12H2,1H3/t17-,18-/m0/s1. The van der Waals surface area contributed by atoms with Crippen molar-refractivity contribution >= 4 is 16.9 Å². The minimum atomic E-state index is -0.241. The summed E-state index contributed by atoms with van der Waals surface area (Å²) in [5, 5.41) is 4.86. The summed E-state index contributed by atoms with van der Waals surface area (Å²) in [6.45, 7) is 0. The maximum Gasteiger partial charge on any atom is 0.323 e. The summed E-state index contributed by atoms with van der Waals surface area (Å²) in [7, 11) is 1.48. The molecule has 1 fully saturated rings. The van der Waals surface area contributed by atoms with Crippen molar-refractivity contribution in [2.75, 3.05) is 7.11 Å². The molecule has 0 spiro atoms. The van der Waals surface area contributed by atoms with E-state index in [1.807, 2.05) is 0 Å². The predicted octanol–water partition coefficient (Wildman–Crippen LogP) is 3.87. The van der Waals surface area contributed by atoms with Gasteiger partial charge < -0.3 is 9.72 Å². The number of hydrogen-bond acceptors (Lipinski definition) is 3. The van der Waals surface area contributed by atoms with Gasteiger partial charge in [0.05, 0.1) is 13.2 Å². The Labute approximate surface area is 143 Å². The van der Waals surface area contributed by atoms with Gasteiger partial charge in [0.2, 0.25) is 0 Å². The van der Waals surface area contributed by atoms with Gasteiger partial charge in [-0.3, -0.25) is 10.1 Å². The SMILES string of the molecule is COC(=O)[C@@H]1Cc2c([nH]c3ccccc23)[C@H](C2CCCCCC2)N1. The minimum absolute atomic E-state index is 0.149. The lowest BCUT2D eigenvalue weighted by atomic mass is 9.83. The molecule has 4 rings (SSSR count). The topological polar surface area (TPSA) is 54.1 Å². The normalized spacial score (nSPS) is 25.2. The van der Waals surface area contributed by atoms with Crippen molar-refractivity contribution in [2.45, 2.75) is 57.0 Å². The molecule has 4 heteroatoms. The van der Waals surface area contributed by atoms with Gasteiger partial charge >= 0.3 is 5.97 Å². The third kappa shape index (κ3) is 2.73. The van der Waals surface area contributed by atoms with Crippen molar-refractivity contribution in [2.24, 2.45) is 5.92 Å². The number of fused-ring (bicyclic) bond motifs is 3. The summed E-state index contributed by atoms with van der Waals surface area (Å²) in [4.78, 5) is 15.9. The molecule has 0 amide bonds. The first-order chi connectivity index (χ1) is 11.8. The predicted molar refractivity (Wildman–Crippen MR) is 94.9 cm³/mol. The molecule has 0 saturated heterocycles. The number of esters is 1. The molecule has 1 aliphatic carbocycles. The van der Waals surface area contributed by atoms with Gasteiger partial charge in [-0.2, -0.15) is 0 Å². The molecule has 2 aliphatic rings. The molecule has 2 heterocycles. The van der Waals surface area contributed by atoms with Gasteiger partial charge in [-0.1, -0.05) is 43.9 Å². The van der Waals surface area contributed by atoms with Crippen LogP contribution in [0.1, 0.15) is 55.8 Å². The number of ether oxygens (including phenoxy) is 1. The number of aromatic amines is 1. The average molecular weight is 326 g/mol. The average Bonchev–Trinajstić information content (AvgIpc) is 2.80. The first-order valence-corrected chi connectivity index (χ1v) is 9.21. The molecule has 0 bridgehead atoms. The van der Waals surface area contributed by atoms with E-state index in [0.717, 1.165) is 0 Å². The van der Waals surface area contributed by atoms with Crippen LogP contribution in [0.4, 0.5) is 0 Å². The highest BCUT2D eigenvalue weighted by Gasteiger charge is 2.37. The zero-order chi connectivity index (χ0) is 16.5. The molecule has 1 saturated carbocycles. The molecule has 2 atom stereocenters. The molecule has 2 N–H and O–H groups in total. The van der Waals surface area contributed by atoms with E-state index in [1.54, 1.807) is 0 Å². The van der Waals surface area contributed by atoms with E-state index >= 15 is 0 Å². The first kappa shape index (κ1) is 15.7. The van der Waals surface area contributed by atoms with Crippen LogP contribution in [-0.2, 0) is 16.0 Å². The zero-order valence-electron chi connectivity index (χ0n) is 14.3. The van der Waals surface area contributed by atoms with Gasteiger partial charge in [0, 0.05) is 23.0 Å². The fourth-order valence-electron chi connectivity index (χ4n) is 4.58. The first-order valence-electron chi connectivity index (χ1n) is 9.21. The Morgan fingerprint density at radius 1 is 1.12 bits per heavy atom. The van der Waals surface area contributed by atoms with Crippen molar-refractivity contribution in [1.29, 1.82) is 0 Å². The zero-order valence-corrected chi connectivity index (χ0v) is 14.3. The van der Waals surface area contributed by atoms with Crippen molar-refractivity contribution in [3.8, 4) is 0 Å². The van der Waals surface area contributed by atoms with Gasteiger partial charge in [0.1, 0.15) is 6.04 Å². The second-order valence-corrected chi connectivity index (χ2v) is 7.24. The van der Waals surface area contributed by atoms with E-state index in [2.05, 4.69) is 34.6 Å². The molecule has 24 heavy (non-hydrogen) atoms. The van der Waals surface area contributed by atoms with Crippen molar-refractivity contribution < 1.29 is 9.53 Å². The van der Waals surface area contributed by atoms with E-state index in [9.17, 15) is 4.79 Å². The van der Waals surface area contributed by atoms with E-state index in [4.69, 9.17) is 4.74 Å². The summed E-state index contributed by atoms with van der Waals surface area (Å²) < 4.78 is 5.04.